The van der Waals surface area contributed by atoms with Crippen molar-refractivity contribution in [2.45, 2.75) is 13.5 Å². The van der Waals surface area contributed by atoms with Crippen LogP contribution in [0.2, 0.25) is 0 Å². The molecule has 0 bridgehead atoms. The van der Waals surface area contributed by atoms with E-state index in [4.69, 9.17) is 0 Å². The fourth-order valence-corrected chi connectivity index (χ4v) is 1.24. The van der Waals surface area contributed by atoms with E-state index in [1.807, 2.05) is 11.6 Å². The summed E-state index contributed by atoms with van der Waals surface area (Å²) in [6.07, 6.45) is 5.11. The van der Waals surface area contributed by atoms with Gasteiger partial charge in [0.2, 0.25) is 0 Å². The molecule has 0 unspecified atom stereocenters. The number of carbonyl (C=O) groups excluding carboxylic acids is 1. The average Bonchev–Trinajstić information content (AvgIpc) is 2.77. The predicted molar refractivity (Wildman–Crippen MR) is 52.3 cm³/mol. The topological polar surface area (TPSA) is 65.6 Å². The van der Waals surface area contributed by atoms with E-state index in [1.54, 1.807) is 23.4 Å². The number of ketones is 1. The van der Waals surface area contributed by atoms with Crippen molar-refractivity contribution in [3.63, 3.8) is 0 Å². The Labute approximate surface area is 86.5 Å². The smallest absolute Gasteiger partial charge is 0.181 e. The fraction of sp³-hybridized carbons (Fsp3) is 0.333. The molecule has 6 nitrogen and oxygen atoms in total. The third-order valence-electron chi connectivity index (χ3n) is 2.14. The third-order valence-corrected chi connectivity index (χ3v) is 2.14. The number of hydrogen-bond acceptors (Lipinski definition) is 4. The summed E-state index contributed by atoms with van der Waals surface area (Å²) >= 11 is 0. The van der Waals surface area contributed by atoms with Gasteiger partial charge in [-0.15, -0.1) is 5.10 Å². The number of hydrogen-bond donors (Lipinski definition) is 0. The molecule has 2 aromatic heterocycles. The van der Waals surface area contributed by atoms with Crippen LogP contribution < -0.4 is 0 Å². The second-order valence-corrected chi connectivity index (χ2v) is 3.35. The van der Waals surface area contributed by atoms with Crippen molar-refractivity contribution < 1.29 is 4.79 Å². The number of aryl methyl sites for hydroxylation is 1. The Kier molecular flexibility index (Phi) is 2.32. The van der Waals surface area contributed by atoms with Crippen LogP contribution in [0.1, 0.15) is 23.1 Å². The molecule has 0 amide bonds. The highest BCUT2D eigenvalue weighted by Crippen LogP contribution is 2.01. The van der Waals surface area contributed by atoms with Crippen LogP contribution in [-0.2, 0) is 13.6 Å². The second-order valence-electron chi connectivity index (χ2n) is 3.35. The monoisotopic (exact) mass is 205 g/mol. The first-order valence-electron chi connectivity index (χ1n) is 4.53. The molecule has 0 saturated carbocycles. The fourth-order valence-electron chi connectivity index (χ4n) is 1.24. The lowest BCUT2D eigenvalue weighted by Gasteiger charge is -2.00. The predicted octanol–water partition coefficient (Wildman–Crippen LogP) is 0.262. The van der Waals surface area contributed by atoms with Crippen molar-refractivity contribution in [3.05, 3.63) is 30.1 Å². The molecule has 2 heterocycles. The highest BCUT2D eigenvalue weighted by molar-refractivity contribution is 5.91. The van der Waals surface area contributed by atoms with Crippen LogP contribution in [-0.4, -0.2) is 30.3 Å². The summed E-state index contributed by atoms with van der Waals surface area (Å²) in [6, 6.07) is 0. The van der Waals surface area contributed by atoms with E-state index in [2.05, 4.69) is 15.3 Å². The van der Waals surface area contributed by atoms with E-state index >= 15 is 0 Å². The zero-order chi connectivity index (χ0) is 10.8. The van der Waals surface area contributed by atoms with Crippen molar-refractivity contribution in [3.8, 4) is 0 Å². The zero-order valence-electron chi connectivity index (χ0n) is 8.58. The minimum atomic E-state index is -0.0775. The molecule has 0 atom stereocenters. The maximum absolute atomic E-state index is 11.0. The third kappa shape index (κ3) is 1.93. The number of Topliss-reactive ketones (excluding diaryl/α,β-unsaturated/α-hetero) is 1. The SMILES string of the molecule is CC(=O)c1cn(Cc2cncn2C)nn1. The van der Waals surface area contributed by atoms with Crippen LogP contribution in [0, 0.1) is 0 Å². The Hall–Kier alpha value is -1.98. The summed E-state index contributed by atoms with van der Waals surface area (Å²) < 4.78 is 3.52. The molecule has 0 aliphatic rings. The summed E-state index contributed by atoms with van der Waals surface area (Å²) in [6.45, 7) is 2.04. The van der Waals surface area contributed by atoms with Crippen molar-refractivity contribution in [1.82, 2.24) is 24.5 Å². The van der Waals surface area contributed by atoms with E-state index in [0.29, 0.717) is 12.2 Å². The Morgan fingerprint density at radius 1 is 1.53 bits per heavy atom. The summed E-state index contributed by atoms with van der Waals surface area (Å²) in [5.74, 6) is -0.0775. The van der Waals surface area contributed by atoms with E-state index in [0.717, 1.165) is 5.69 Å². The van der Waals surface area contributed by atoms with Crippen LogP contribution in [0.3, 0.4) is 0 Å². The van der Waals surface area contributed by atoms with Crippen LogP contribution in [0.4, 0.5) is 0 Å². The standard InChI is InChI=1S/C9H11N5O/c1-7(15)9-5-14(12-11-9)4-8-3-10-6-13(8)2/h3,5-6H,4H2,1-2H3. The Balaban J connectivity index is 2.18. The molecule has 0 saturated heterocycles. The van der Waals surface area contributed by atoms with Crippen molar-refractivity contribution in [1.29, 1.82) is 0 Å². The summed E-state index contributed by atoms with van der Waals surface area (Å²) in [7, 11) is 1.91. The van der Waals surface area contributed by atoms with E-state index in [9.17, 15) is 4.79 Å². The molecule has 0 aromatic carbocycles. The molecule has 0 aliphatic heterocycles. The van der Waals surface area contributed by atoms with Gasteiger partial charge in [0.1, 0.15) is 5.69 Å². The minimum absolute atomic E-state index is 0.0775. The zero-order valence-corrected chi connectivity index (χ0v) is 8.58. The molecule has 0 N–H and O–H groups in total. The minimum Gasteiger partial charge on any atom is -0.336 e. The normalized spacial score (nSPS) is 10.5. The molecule has 2 aromatic rings. The summed E-state index contributed by atoms with van der Waals surface area (Å²) in [5, 5.41) is 7.62. The van der Waals surface area contributed by atoms with Gasteiger partial charge in [-0.2, -0.15) is 0 Å². The summed E-state index contributed by atoms with van der Waals surface area (Å²) in [5.41, 5.74) is 1.40. The number of aromatic nitrogens is 5. The number of imidazole rings is 1. The lowest BCUT2D eigenvalue weighted by molar-refractivity contribution is 0.101. The van der Waals surface area contributed by atoms with Crippen LogP contribution >= 0.6 is 0 Å². The van der Waals surface area contributed by atoms with E-state index in [-0.39, 0.29) is 5.78 Å². The maximum Gasteiger partial charge on any atom is 0.181 e. The Morgan fingerprint density at radius 2 is 2.33 bits per heavy atom. The second kappa shape index (κ2) is 3.64. The van der Waals surface area contributed by atoms with Gasteiger partial charge < -0.3 is 4.57 Å². The van der Waals surface area contributed by atoms with Gasteiger partial charge in [-0.1, -0.05) is 5.21 Å². The number of rotatable bonds is 3. The largest absolute Gasteiger partial charge is 0.336 e. The van der Waals surface area contributed by atoms with Gasteiger partial charge in [-0.05, 0) is 0 Å². The van der Waals surface area contributed by atoms with Crippen molar-refractivity contribution >= 4 is 5.78 Å². The van der Waals surface area contributed by atoms with Crippen LogP contribution in [0.15, 0.2) is 18.7 Å². The molecule has 6 heteroatoms. The van der Waals surface area contributed by atoms with Gasteiger partial charge in [0.15, 0.2) is 5.78 Å². The summed E-state index contributed by atoms with van der Waals surface area (Å²) in [4.78, 5) is 15.0. The molecule has 2 rings (SSSR count). The molecule has 0 radical (unpaired) electrons. The first kappa shape index (κ1) is 9.57. The number of carbonyl (C=O) groups is 1. The average molecular weight is 205 g/mol. The molecular formula is C9H11N5O. The van der Waals surface area contributed by atoms with E-state index < -0.39 is 0 Å². The highest BCUT2D eigenvalue weighted by Gasteiger charge is 2.06. The molecule has 15 heavy (non-hydrogen) atoms. The Morgan fingerprint density at radius 3 is 2.87 bits per heavy atom. The molecule has 0 aliphatic carbocycles. The lowest BCUT2D eigenvalue weighted by atomic mass is 10.3. The quantitative estimate of drug-likeness (QED) is 0.674. The first-order valence-corrected chi connectivity index (χ1v) is 4.53. The lowest BCUT2D eigenvalue weighted by Crippen LogP contribution is -2.04. The molecule has 0 spiro atoms. The van der Waals surface area contributed by atoms with Gasteiger partial charge in [0.25, 0.3) is 0 Å². The van der Waals surface area contributed by atoms with Gasteiger partial charge >= 0.3 is 0 Å². The van der Waals surface area contributed by atoms with Gasteiger partial charge in [-0.25, -0.2) is 9.67 Å². The van der Waals surface area contributed by atoms with Gasteiger partial charge in [0, 0.05) is 14.0 Å². The van der Waals surface area contributed by atoms with Crippen LogP contribution in [0.25, 0.3) is 0 Å². The number of nitrogens with zero attached hydrogens (tertiary/aromatic N) is 5. The molecule has 78 valence electrons. The van der Waals surface area contributed by atoms with Gasteiger partial charge in [-0.3, -0.25) is 4.79 Å². The van der Waals surface area contributed by atoms with Gasteiger partial charge in [0.05, 0.1) is 31.0 Å². The molecular weight excluding hydrogens is 194 g/mol. The first-order chi connectivity index (χ1) is 7.16. The van der Waals surface area contributed by atoms with E-state index in [1.165, 1.54) is 6.92 Å². The van der Waals surface area contributed by atoms with Crippen LogP contribution in [0.5, 0.6) is 0 Å². The van der Waals surface area contributed by atoms with Crippen molar-refractivity contribution in [2.75, 3.05) is 0 Å². The highest BCUT2D eigenvalue weighted by atomic mass is 16.1. The Bertz CT molecular complexity index is 484. The maximum atomic E-state index is 11.0. The van der Waals surface area contributed by atoms with Crippen molar-refractivity contribution in [2.24, 2.45) is 7.05 Å². The molecule has 0 fully saturated rings.